The van der Waals surface area contributed by atoms with E-state index < -0.39 is 0 Å². The van der Waals surface area contributed by atoms with Gasteiger partial charge in [0.2, 0.25) is 0 Å². The maximum Gasteiger partial charge on any atom is 0.125 e. The van der Waals surface area contributed by atoms with Gasteiger partial charge in [-0.25, -0.2) is 4.99 Å². The molecule has 1 aromatic rings. The molecule has 0 spiro atoms. The van der Waals surface area contributed by atoms with E-state index >= 15 is 0 Å². The number of benzene rings is 1. The molecule has 0 aromatic heterocycles. The monoisotopic (exact) mass is 196 g/mol. The molecule has 3 heteroatoms. The molecule has 0 fully saturated rings. The van der Waals surface area contributed by atoms with Crippen LogP contribution in [0.4, 0.5) is 5.69 Å². The lowest BCUT2D eigenvalue weighted by Gasteiger charge is -2.07. The second-order valence-electron chi connectivity index (χ2n) is 2.56. The summed E-state index contributed by atoms with van der Waals surface area (Å²) in [6.07, 6.45) is 4.33. The van der Waals surface area contributed by atoms with Gasteiger partial charge in [0.05, 0.1) is 5.69 Å². The van der Waals surface area contributed by atoms with Gasteiger partial charge >= 0.3 is 0 Å². The summed E-state index contributed by atoms with van der Waals surface area (Å²) in [5.41, 5.74) is 1.16. The third-order valence-electron chi connectivity index (χ3n) is 1.84. The molecule has 63 valence electrons. The van der Waals surface area contributed by atoms with Crippen LogP contribution < -0.4 is 0 Å². The molecule has 0 N–H and O–H groups in total. The van der Waals surface area contributed by atoms with Gasteiger partial charge in [0.25, 0.3) is 0 Å². The summed E-state index contributed by atoms with van der Waals surface area (Å²) in [7, 11) is 0.227. The van der Waals surface area contributed by atoms with Crippen LogP contribution in [0.1, 0.15) is 0 Å². The number of fused-ring (bicyclic) bond motifs is 1. The highest BCUT2D eigenvalue weighted by atomic mass is 32.2. The summed E-state index contributed by atoms with van der Waals surface area (Å²) in [4.78, 5) is 5.93. The van der Waals surface area contributed by atoms with Gasteiger partial charge in [-0.2, -0.15) is 0 Å². The lowest BCUT2D eigenvalue weighted by molar-refractivity contribution is 1.41. The van der Waals surface area contributed by atoms with E-state index in [0.29, 0.717) is 0 Å². The predicted molar refractivity (Wildman–Crippen MR) is 58.8 cm³/mol. The van der Waals surface area contributed by atoms with Gasteiger partial charge in [-0.3, -0.25) is 0 Å². The van der Waals surface area contributed by atoms with Crippen LogP contribution in [0.15, 0.2) is 34.2 Å². The minimum atomic E-state index is 0.227. The van der Waals surface area contributed by atoms with Crippen molar-refractivity contribution in [1.82, 2.24) is 0 Å². The Morgan fingerprint density at radius 3 is 2.75 bits per heavy atom. The number of nitrogens with zero attached hydrogens (tertiary/aromatic N) is 1. The molecular weight excluding hydrogens is 186 g/mol. The first-order valence-corrected chi connectivity index (χ1v) is 6.56. The Kier molecular flexibility index (Phi) is 2.15. The molecule has 0 atom stereocenters. The summed E-state index contributed by atoms with van der Waals surface area (Å²) in [5.74, 6) is 0. The van der Waals surface area contributed by atoms with Crippen molar-refractivity contribution in [3.63, 3.8) is 0 Å². The molecule has 1 aliphatic heterocycles. The maximum absolute atomic E-state index is 4.54. The molecular formula is C9H10NS2. The zero-order valence-corrected chi connectivity index (χ0v) is 8.71. The topological polar surface area (TPSA) is 12.4 Å². The van der Waals surface area contributed by atoms with Crippen LogP contribution in [0.25, 0.3) is 0 Å². The van der Waals surface area contributed by atoms with Crippen LogP contribution in [0.3, 0.4) is 0 Å². The number of hydrogen-bond donors (Lipinski definition) is 0. The normalized spacial score (nSPS) is 16.0. The van der Waals surface area contributed by atoms with Crippen LogP contribution in [-0.2, 0) is 0 Å². The molecule has 1 heterocycles. The van der Waals surface area contributed by atoms with Crippen molar-refractivity contribution in [3.05, 3.63) is 24.3 Å². The van der Waals surface area contributed by atoms with Crippen LogP contribution in [0.5, 0.6) is 0 Å². The zero-order valence-electron chi connectivity index (χ0n) is 7.07. The Labute approximate surface area is 79.6 Å². The van der Waals surface area contributed by atoms with Crippen molar-refractivity contribution < 1.29 is 0 Å². The fourth-order valence-electron chi connectivity index (χ4n) is 1.24. The molecule has 12 heavy (non-hydrogen) atoms. The highest BCUT2D eigenvalue weighted by Gasteiger charge is 2.19. The average molecular weight is 196 g/mol. The third-order valence-corrected chi connectivity index (χ3v) is 5.15. The average Bonchev–Trinajstić information content (AvgIpc) is 2.44. The van der Waals surface area contributed by atoms with Crippen molar-refractivity contribution in [3.8, 4) is 0 Å². The van der Waals surface area contributed by atoms with E-state index in [1.54, 1.807) is 11.8 Å². The predicted octanol–water partition coefficient (Wildman–Crippen LogP) is 3.31. The van der Waals surface area contributed by atoms with Gasteiger partial charge in [-0.15, -0.1) is 22.7 Å². The van der Waals surface area contributed by atoms with Crippen LogP contribution >= 0.6 is 22.7 Å². The van der Waals surface area contributed by atoms with E-state index in [1.165, 1.54) is 9.27 Å². The first-order valence-electron chi connectivity index (χ1n) is 3.70. The van der Waals surface area contributed by atoms with Crippen LogP contribution in [0, 0.1) is 0 Å². The Morgan fingerprint density at radius 1 is 1.33 bits per heavy atom. The Bertz CT molecular complexity index is 333. The second-order valence-corrected chi connectivity index (χ2v) is 5.46. The number of rotatable bonds is 0. The van der Waals surface area contributed by atoms with Gasteiger partial charge in [-0.05, 0) is 24.6 Å². The van der Waals surface area contributed by atoms with Crippen molar-refractivity contribution in [2.75, 3.05) is 12.5 Å². The summed E-state index contributed by atoms with van der Waals surface area (Å²) < 4.78 is 1.26. The summed E-state index contributed by atoms with van der Waals surface area (Å²) >= 11 is 1.76. The molecule has 2 rings (SSSR count). The standard InChI is InChI=1S/C9H10NS2/c1-11-9-10-7-5-3-4-6-8(7)12(9)2/h3-6H,1-2H3. The van der Waals surface area contributed by atoms with Gasteiger partial charge in [0, 0.05) is 4.90 Å². The third kappa shape index (κ3) is 1.17. The summed E-state index contributed by atoms with van der Waals surface area (Å²) in [6, 6.07) is 8.39. The minimum absolute atomic E-state index is 0.227. The van der Waals surface area contributed by atoms with Crippen molar-refractivity contribution in [2.24, 2.45) is 4.99 Å². The smallest absolute Gasteiger partial charge is 0.125 e. The second kappa shape index (κ2) is 3.15. The SMILES string of the molecule is CSC1=Nc2ccccc2[S]1C. The molecule has 0 bridgehead atoms. The van der Waals surface area contributed by atoms with E-state index in [2.05, 4.69) is 35.7 Å². The first-order chi connectivity index (χ1) is 5.83. The number of hydrogen-bond acceptors (Lipinski definition) is 2. The Morgan fingerprint density at radius 2 is 2.08 bits per heavy atom. The van der Waals surface area contributed by atoms with E-state index in [1.807, 2.05) is 6.07 Å². The quantitative estimate of drug-likeness (QED) is 0.580. The molecule has 1 aromatic carbocycles. The van der Waals surface area contributed by atoms with E-state index in [-0.39, 0.29) is 10.9 Å². The highest BCUT2D eigenvalue weighted by Crippen LogP contribution is 2.49. The fourth-order valence-corrected chi connectivity index (χ4v) is 3.83. The Hall–Kier alpha value is -0.410. The number of para-hydroxylation sites is 1. The lowest BCUT2D eigenvalue weighted by atomic mass is 10.3. The maximum atomic E-state index is 4.54. The first kappa shape index (κ1) is 8.20. The molecule has 1 radical (unpaired) electrons. The van der Waals surface area contributed by atoms with E-state index in [9.17, 15) is 0 Å². The molecule has 0 saturated carbocycles. The molecule has 0 amide bonds. The lowest BCUT2D eigenvalue weighted by Crippen LogP contribution is -1.85. The van der Waals surface area contributed by atoms with Crippen molar-refractivity contribution in [1.29, 1.82) is 0 Å². The molecule has 0 aliphatic carbocycles. The van der Waals surface area contributed by atoms with E-state index in [4.69, 9.17) is 0 Å². The van der Waals surface area contributed by atoms with Crippen LogP contribution in [0.2, 0.25) is 0 Å². The Balaban J connectivity index is 2.47. The van der Waals surface area contributed by atoms with E-state index in [0.717, 1.165) is 5.69 Å². The molecule has 0 unspecified atom stereocenters. The van der Waals surface area contributed by atoms with Crippen LogP contribution in [-0.4, -0.2) is 16.9 Å². The van der Waals surface area contributed by atoms with Crippen molar-refractivity contribution in [2.45, 2.75) is 4.90 Å². The largest absolute Gasteiger partial charge is 0.234 e. The van der Waals surface area contributed by atoms with Crippen molar-refractivity contribution >= 4 is 32.7 Å². The van der Waals surface area contributed by atoms with Gasteiger partial charge in [0.1, 0.15) is 4.38 Å². The number of thioether (sulfide) groups is 1. The number of aliphatic imine (C=N–C) groups is 1. The zero-order chi connectivity index (χ0) is 8.55. The van der Waals surface area contributed by atoms with Gasteiger partial charge < -0.3 is 0 Å². The van der Waals surface area contributed by atoms with Gasteiger partial charge in [0.15, 0.2) is 0 Å². The molecule has 1 aliphatic rings. The van der Waals surface area contributed by atoms with Gasteiger partial charge in [-0.1, -0.05) is 12.1 Å². The minimum Gasteiger partial charge on any atom is -0.234 e. The highest BCUT2D eigenvalue weighted by molar-refractivity contribution is 8.47. The summed E-state index contributed by atoms with van der Waals surface area (Å²) in [5, 5.41) is 0. The fraction of sp³-hybridized carbons (Fsp3) is 0.222. The molecule has 0 saturated heterocycles. The molecule has 1 nitrogen and oxygen atoms in total. The summed E-state index contributed by atoms with van der Waals surface area (Å²) in [6.45, 7) is 0.